The zero-order valence-electron chi connectivity index (χ0n) is 11.0. The van der Waals surface area contributed by atoms with Gasteiger partial charge in [-0.05, 0) is 20.8 Å². The molecule has 5 nitrogen and oxygen atoms in total. The van der Waals surface area contributed by atoms with Crippen LogP contribution >= 0.6 is 0 Å². The molecule has 2 atom stereocenters. The maximum absolute atomic E-state index is 12.3. The maximum Gasteiger partial charge on any atom is 0.414 e. The van der Waals surface area contributed by atoms with Crippen molar-refractivity contribution in [2.24, 2.45) is 0 Å². The van der Waals surface area contributed by atoms with Crippen LogP contribution in [0.25, 0.3) is 0 Å². The minimum absolute atomic E-state index is 0.0492. The molecular formula is C11H18F3NO4. The van der Waals surface area contributed by atoms with Crippen molar-refractivity contribution in [3.63, 3.8) is 0 Å². The molecule has 0 aromatic heterocycles. The normalized spacial score (nSPS) is 22.5. The van der Waals surface area contributed by atoms with Gasteiger partial charge in [-0.15, -0.1) is 0 Å². The van der Waals surface area contributed by atoms with Crippen LogP contribution in [0.15, 0.2) is 0 Å². The average Bonchev–Trinajstić information content (AvgIpc) is 2.61. The number of rotatable bonds is 2. The van der Waals surface area contributed by atoms with Crippen LogP contribution in [-0.2, 0) is 9.47 Å². The molecule has 0 spiro atoms. The molecule has 0 bridgehead atoms. The van der Waals surface area contributed by atoms with Gasteiger partial charge in [0.2, 0.25) is 0 Å². The summed E-state index contributed by atoms with van der Waals surface area (Å²) in [6.45, 7) is 4.78. The third-order valence-electron chi connectivity index (χ3n) is 2.48. The Labute approximate surface area is 109 Å². The zero-order valence-corrected chi connectivity index (χ0v) is 11.0. The molecule has 0 saturated carbocycles. The fourth-order valence-electron chi connectivity index (χ4n) is 1.59. The van der Waals surface area contributed by atoms with E-state index < -0.39 is 36.4 Å². The van der Waals surface area contributed by atoms with Gasteiger partial charge in [-0.25, -0.2) is 4.79 Å². The lowest BCUT2D eigenvalue weighted by Gasteiger charge is -2.28. The monoisotopic (exact) mass is 285 g/mol. The molecule has 0 radical (unpaired) electrons. The highest BCUT2D eigenvalue weighted by atomic mass is 19.4. The molecule has 1 aliphatic rings. The highest BCUT2D eigenvalue weighted by Gasteiger charge is 2.43. The molecule has 1 saturated heterocycles. The summed E-state index contributed by atoms with van der Waals surface area (Å²) in [6, 6.07) is -0.841. The van der Waals surface area contributed by atoms with E-state index in [1.165, 1.54) is 0 Å². The fourth-order valence-corrected chi connectivity index (χ4v) is 1.59. The molecule has 0 aliphatic carbocycles. The van der Waals surface area contributed by atoms with Crippen molar-refractivity contribution in [2.45, 2.75) is 51.1 Å². The topological polar surface area (TPSA) is 59.0 Å². The second-order valence-electron chi connectivity index (χ2n) is 5.40. The summed E-state index contributed by atoms with van der Waals surface area (Å²) in [4.78, 5) is 12.8. The SMILES string of the molecule is CC(C)(C)OC(=O)N1COCC1C[C@@H](O)C(F)(F)F. The number of ether oxygens (including phenoxy) is 2. The summed E-state index contributed by atoms with van der Waals surface area (Å²) in [6.07, 6.45) is -8.56. The Kier molecular flexibility index (Phi) is 4.67. The second-order valence-corrected chi connectivity index (χ2v) is 5.40. The number of aliphatic hydroxyl groups is 1. The summed E-state index contributed by atoms with van der Waals surface area (Å²) >= 11 is 0. The predicted octanol–water partition coefficient (Wildman–Crippen LogP) is 1.89. The largest absolute Gasteiger partial charge is 0.444 e. The van der Waals surface area contributed by atoms with E-state index in [1.54, 1.807) is 20.8 Å². The Bertz CT molecular complexity index is 327. The lowest BCUT2D eigenvalue weighted by atomic mass is 10.1. The Hall–Kier alpha value is -1.02. The van der Waals surface area contributed by atoms with Crippen LogP contribution < -0.4 is 0 Å². The first-order valence-corrected chi connectivity index (χ1v) is 5.83. The van der Waals surface area contributed by atoms with Crippen LogP contribution in [0.3, 0.4) is 0 Å². The third kappa shape index (κ3) is 4.87. The lowest BCUT2D eigenvalue weighted by molar-refractivity contribution is -0.208. The molecule has 1 aliphatic heterocycles. The van der Waals surface area contributed by atoms with E-state index in [0.29, 0.717) is 0 Å². The van der Waals surface area contributed by atoms with Gasteiger partial charge in [-0.2, -0.15) is 13.2 Å². The molecule has 112 valence electrons. The molecule has 1 N–H and O–H groups in total. The van der Waals surface area contributed by atoms with Crippen molar-refractivity contribution >= 4 is 6.09 Å². The number of halogens is 3. The first-order valence-electron chi connectivity index (χ1n) is 5.83. The lowest BCUT2D eigenvalue weighted by Crippen LogP contribution is -2.44. The van der Waals surface area contributed by atoms with Crippen molar-refractivity contribution < 1.29 is 32.5 Å². The van der Waals surface area contributed by atoms with Crippen LogP contribution in [0, 0.1) is 0 Å². The van der Waals surface area contributed by atoms with Gasteiger partial charge in [0.15, 0.2) is 6.10 Å². The number of aliphatic hydroxyl groups excluding tert-OH is 1. The highest BCUT2D eigenvalue weighted by Crippen LogP contribution is 2.27. The van der Waals surface area contributed by atoms with Crippen molar-refractivity contribution in [3.05, 3.63) is 0 Å². The van der Waals surface area contributed by atoms with E-state index in [0.717, 1.165) is 4.90 Å². The van der Waals surface area contributed by atoms with Gasteiger partial charge < -0.3 is 14.6 Å². The minimum Gasteiger partial charge on any atom is -0.444 e. The van der Waals surface area contributed by atoms with Crippen LogP contribution in [0.5, 0.6) is 0 Å². The van der Waals surface area contributed by atoms with E-state index in [9.17, 15) is 18.0 Å². The molecule has 1 fully saturated rings. The Morgan fingerprint density at radius 2 is 2.05 bits per heavy atom. The summed E-state index contributed by atoms with van der Waals surface area (Å²) in [5.41, 5.74) is -0.743. The number of hydrogen-bond donors (Lipinski definition) is 1. The summed E-state index contributed by atoms with van der Waals surface area (Å²) in [5, 5.41) is 9.02. The predicted molar refractivity (Wildman–Crippen MR) is 59.4 cm³/mol. The maximum atomic E-state index is 12.3. The van der Waals surface area contributed by atoms with Crippen LogP contribution in [0.1, 0.15) is 27.2 Å². The van der Waals surface area contributed by atoms with E-state index in [-0.39, 0.29) is 13.3 Å². The Balaban J connectivity index is 2.62. The third-order valence-corrected chi connectivity index (χ3v) is 2.48. The zero-order chi connectivity index (χ0) is 14.8. The van der Waals surface area contributed by atoms with Gasteiger partial charge in [0.1, 0.15) is 12.3 Å². The van der Waals surface area contributed by atoms with Gasteiger partial charge in [0, 0.05) is 6.42 Å². The smallest absolute Gasteiger partial charge is 0.414 e. The van der Waals surface area contributed by atoms with E-state index in [4.69, 9.17) is 14.6 Å². The van der Waals surface area contributed by atoms with Crippen molar-refractivity contribution in [1.82, 2.24) is 4.90 Å². The van der Waals surface area contributed by atoms with Crippen LogP contribution in [-0.4, -0.2) is 53.4 Å². The summed E-state index contributed by atoms with van der Waals surface area (Å²) in [7, 11) is 0. The van der Waals surface area contributed by atoms with E-state index >= 15 is 0 Å². The van der Waals surface area contributed by atoms with Crippen LogP contribution in [0.4, 0.5) is 18.0 Å². The number of alkyl halides is 3. The molecule has 0 aromatic rings. The van der Waals surface area contributed by atoms with Gasteiger partial charge in [-0.1, -0.05) is 0 Å². The minimum atomic E-state index is -4.71. The summed E-state index contributed by atoms with van der Waals surface area (Å²) in [5.74, 6) is 0. The molecule has 1 unspecified atom stereocenters. The Morgan fingerprint density at radius 1 is 1.47 bits per heavy atom. The number of nitrogens with zero attached hydrogens (tertiary/aromatic N) is 1. The first kappa shape index (κ1) is 16.0. The Morgan fingerprint density at radius 3 is 2.53 bits per heavy atom. The first-order chi connectivity index (χ1) is 8.50. The van der Waals surface area contributed by atoms with Gasteiger partial charge in [0.05, 0.1) is 12.6 Å². The number of carbonyl (C=O) groups excluding carboxylic acids is 1. The number of hydrogen-bond acceptors (Lipinski definition) is 4. The highest BCUT2D eigenvalue weighted by molar-refractivity contribution is 5.68. The quantitative estimate of drug-likeness (QED) is 0.841. The van der Waals surface area contributed by atoms with Crippen LogP contribution in [0.2, 0.25) is 0 Å². The fraction of sp³-hybridized carbons (Fsp3) is 0.909. The van der Waals surface area contributed by atoms with E-state index in [2.05, 4.69) is 0 Å². The molecule has 19 heavy (non-hydrogen) atoms. The second kappa shape index (κ2) is 5.54. The molecule has 1 amide bonds. The number of amides is 1. The number of carbonyl (C=O) groups is 1. The van der Waals surface area contributed by atoms with Gasteiger partial charge >= 0.3 is 12.3 Å². The standard InChI is InChI=1S/C11H18F3NO4/c1-10(2,3)19-9(17)15-6-18-5-7(15)4-8(16)11(12,13)14/h7-8,16H,4-6H2,1-3H3/t7?,8-/m1/s1. The molecule has 1 heterocycles. The van der Waals surface area contributed by atoms with Crippen molar-refractivity contribution in [2.75, 3.05) is 13.3 Å². The summed E-state index contributed by atoms with van der Waals surface area (Å²) < 4.78 is 46.9. The van der Waals surface area contributed by atoms with Crippen molar-refractivity contribution in [1.29, 1.82) is 0 Å². The van der Waals surface area contributed by atoms with Gasteiger partial charge in [-0.3, -0.25) is 4.90 Å². The molecular weight excluding hydrogens is 267 g/mol. The van der Waals surface area contributed by atoms with E-state index in [1.807, 2.05) is 0 Å². The van der Waals surface area contributed by atoms with Gasteiger partial charge in [0.25, 0.3) is 0 Å². The average molecular weight is 285 g/mol. The molecule has 8 heteroatoms. The van der Waals surface area contributed by atoms with Crippen molar-refractivity contribution in [3.8, 4) is 0 Å². The molecule has 1 rings (SSSR count). The molecule has 0 aromatic carbocycles.